The molecule has 0 bridgehead atoms. The van der Waals surface area contributed by atoms with Crippen molar-refractivity contribution in [3.63, 3.8) is 0 Å². The summed E-state index contributed by atoms with van der Waals surface area (Å²) in [6, 6.07) is 7.62. The second-order valence-electron chi connectivity index (χ2n) is 4.78. The molecule has 0 fully saturated rings. The van der Waals surface area contributed by atoms with Gasteiger partial charge < -0.3 is 4.57 Å². The van der Waals surface area contributed by atoms with Gasteiger partial charge in [-0.1, -0.05) is 41.4 Å². The molecule has 0 saturated heterocycles. The van der Waals surface area contributed by atoms with Gasteiger partial charge in [0, 0.05) is 30.1 Å². The summed E-state index contributed by atoms with van der Waals surface area (Å²) in [5.41, 5.74) is 2.13. The van der Waals surface area contributed by atoms with Gasteiger partial charge in [0.05, 0.1) is 22.3 Å². The molecule has 1 aromatic carbocycles. The third-order valence-corrected chi connectivity index (χ3v) is 3.91. The minimum Gasteiger partial charge on any atom is -0.339 e. The summed E-state index contributed by atoms with van der Waals surface area (Å²) in [6.07, 6.45) is 5.56. The van der Waals surface area contributed by atoms with E-state index >= 15 is 0 Å². The van der Waals surface area contributed by atoms with Crippen molar-refractivity contribution in [3.05, 3.63) is 58.9 Å². The molecule has 0 atom stereocenters. The zero-order chi connectivity index (χ0) is 15.4. The highest BCUT2D eigenvalue weighted by molar-refractivity contribution is 6.43. The first-order valence-corrected chi connectivity index (χ1v) is 7.16. The maximum Gasteiger partial charge on any atom is 0.101 e. The molecule has 21 heavy (non-hydrogen) atoms. The van der Waals surface area contributed by atoms with E-state index in [-0.39, 0.29) is 0 Å². The predicted molar refractivity (Wildman–Crippen MR) is 87.4 cm³/mol. The van der Waals surface area contributed by atoms with E-state index in [9.17, 15) is 5.26 Å². The van der Waals surface area contributed by atoms with E-state index in [1.54, 1.807) is 6.07 Å². The Morgan fingerprint density at radius 2 is 2.10 bits per heavy atom. The summed E-state index contributed by atoms with van der Waals surface area (Å²) in [6.45, 7) is 5.15. The molecule has 0 amide bonds. The molecule has 0 unspecified atom stereocenters. The minimum absolute atomic E-state index is 0.466. The average molecular weight is 320 g/mol. The second-order valence-corrected chi connectivity index (χ2v) is 5.57. The Balaban J connectivity index is 2.40. The number of benzene rings is 1. The molecule has 0 saturated carbocycles. The first kappa shape index (κ1) is 15.7. The number of halogens is 2. The number of rotatable bonds is 5. The molecule has 0 spiro atoms. The summed E-state index contributed by atoms with van der Waals surface area (Å²) in [5, 5.41) is 10.3. The highest BCUT2D eigenvalue weighted by atomic mass is 35.5. The van der Waals surface area contributed by atoms with Gasteiger partial charge in [-0.25, -0.2) is 0 Å². The highest BCUT2D eigenvalue weighted by Gasteiger charge is 2.14. The summed E-state index contributed by atoms with van der Waals surface area (Å²) in [5.74, 6) is 0. The van der Waals surface area contributed by atoms with Crippen molar-refractivity contribution in [1.82, 2.24) is 9.47 Å². The van der Waals surface area contributed by atoms with Crippen LogP contribution in [0.2, 0.25) is 10.0 Å². The Kier molecular flexibility index (Phi) is 5.08. The SMILES string of the molecule is C=CCN(C)Cn1cc(C#N)c(-c2cccc(Cl)c2Cl)c1. The smallest absolute Gasteiger partial charge is 0.101 e. The Hall–Kier alpha value is -1.73. The van der Waals surface area contributed by atoms with Crippen molar-refractivity contribution >= 4 is 23.2 Å². The monoisotopic (exact) mass is 319 g/mol. The molecule has 0 aliphatic heterocycles. The summed E-state index contributed by atoms with van der Waals surface area (Å²) >= 11 is 12.3. The van der Waals surface area contributed by atoms with Crippen LogP contribution in [0.3, 0.4) is 0 Å². The molecule has 5 heteroatoms. The molecule has 0 radical (unpaired) electrons. The van der Waals surface area contributed by atoms with Crippen LogP contribution in [-0.4, -0.2) is 23.1 Å². The molecule has 1 heterocycles. The lowest BCUT2D eigenvalue weighted by molar-refractivity contribution is 0.297. The number of nitriles is 1. The third-order valence-electron chi connectivity index (χ3n) is 3.09. The van der Waals surface area contributed by atoms with E-state index in [0.717, 1.165) is 17.7 Å². The maximum atomic E-state index is 9.32. The lowest BCUT2D eigenvalue weighted by atomic mass is 10.1. The molecule has 2 rings (SSSR count). The van der Waals surface area contributed by atoms with Crippen LogP contribution in [0, 0.1) is 11.3 Å². The fourth-order valence-electron chi connectivity index (χ4n) is 2.16. The van der Waals surface area contributed by atoms with Gasteiger partial charge in [-0.3, -0.25) is 4.90 Å². The minimum atomic E-state index is 0.466. The van der Waals surface area contributed by atoms with E-state index in [0.29, 0.717) is 22.3 Å². The van der Waals surface area contributed by atoms with Gasteiger partial charge in [-0.15, -0.1) is 6.58 Å². The van der Waals surface area contributed by atoms with Crippen LogP contribution in [0.1, 0.15) is 5.56 Å². The van der Waals surface area contributed by atoms with E-state index in [1.165, 1.54) is 0 Å². The fourth-order valence-corrected chi connectivity index (χ4v) is 2.56. The zero-order valence-corrected chi connectivity index (χ0v) is 13.2. The molecule has 0 aliphatic carbocycles. The zero-order valence-electron chi connectivity index (χ0n) is 11.7. The molecule has 0 N–H and O–H groups in total. The van der Waals surface area contributed by atoms with Crippen LogP contribution >= 0.6 is 23.2 Å². The summed E-state index contributed by atoms with van der Waals surface area (Å²) in [4.78, 5) is 2.08. The Labute approximate surface area is 134 Å². The average Bonchev–Trinajstić information content (AvgIpc) is 2.84. The summed E-state index contributed by atoms with van der Waals surface area (Å²) < 4.78 is 1.95. The highest BCUT2D eigenvalue weighted by Crippen LogP contribution is 2.35. The number of hydrogen-bond acceptors (Lipinski definition) is 2. The van der Waals surface area contributed by atoms with Crippen LogP contribution in [0.4, 0.5) is 0 Å². The van der Waals surface area contributed by atoms with Crippen LogP contribution in [0.25, 0.3) is 11.1 Å². The first-order chi connectivity index (χ1) is 10.1. The van der Waals surface area contributed by atoms with E-state index in [1.807, 2.05) is 42.2 Å². The number of hydrogen-bond donors (Lipinski definition) is 0. The molecular weight excluding hydrogens is 305 g/mol. The molecule has 0 aliphatic rings. The van der Waals surface area contributed by atoms with Crippen molar-refractivity contribution in [2.24, 2.45) is 0 Å². The van der Waals surface area contributed by atoms with Crippen LogP contribution in [-0.2, 0) is 6.67 Å². The van der Waals surface area contributed by atoms with E-state index < -0.39 is 0 Å². The largest absolute Gasteiger partial charge is 0.339 e. The quantitative estimate of drug-likeness (QED) is 0.764. The van der Waals surface area contributed by atoms with Crippen LogP contribution < -0.4 is 0 Å². The molecule has 2 aromatic rings. The van der Waals surface area contributed by atoms with Gasteiger partial charge in [0.15, 0.2) is 0 Å². The van der Waals surface area contributed by atoms with Gasteiger partial charge in [0.25, 0.3) is 0 Å². The van der Waals surface area contributed by atoms with E-state index in [4.69, 9.17) is 23.2 Å². The van der Waals surface area contributed by atoms with Crippen LogP contribution in [0.15, 0.2) is 43.2 Å². The Morgan fingerprint density at radius 3 is 2.76 bits per heavy atom. The Bertz CT molecular complexity index is 698. The molecule has 108 valence electrons. The Morgan fingerprint density at radius 1 is 1.33 bits per heavy atom. The second kappa shape index (κ2) is 6.82. The standard InChI is InChI=1S/C16H15Cl2N3/c1-3-7-20(2)11-21-9-12(8-19)14(10-21)13-5-4-6-15(17)16(13)18/h3-6,9-10H,1,7,11H2,2H3. The van der Waals surface area contributed by atoms with Crippen molar-refractivity contribution in [2.45, 2.75) is 6.67 Å². The lowest BCUT2D eigenvalue weighted by Crippen LogP contribution is -2.20. The normalized spacial score (nSPS) is 10.6. The predicted octanol–water partition coefficient (Wildman–Crippen LogP) is 4.41. The summed E-state index contributed by atoms with van der Waals surface area (Å²) in [7, 11) is 1.99. The van der Waals surface area contributed by atoms with Gasteiger partial charge in [0.2, 0.25) is 0 Å². The van der Waals surface area contributed by atoms with Crippen molar-refractivity contribution < 1.29 is 0 Å². The van der Waals surface area contributed by atoms with Gasteiger partial charge in [-0.05, 0) is 13.1 Å². The third kappa shape index (κ3) is 3.48. The van der Waals surface area contributed by atoms with Gasteiger partial charge in [-0.2, -0.15) is 5.26 Å². The van der Waals surface area contributed by atoms with Crippen molar-refractivity contribution in [3.8, 4) is 17.2 Å². The maximum absolute atomic E-state index is 9.32. The van der Waals surface area contributed by atoms with E-state index in [2.05, 4.69) is 17.5 Å². The number of nitrogens with zero attached hydrogens (tertiary/aromatic N) is 3. The molecule has 3 nitrogen and oxygen atoms in total. The van der Waals surface area contributed by atoms with Gasteiger partial charge >= 0.3 is 0 Å². The number of aromatic nitrogens is 1. The van der Waals surface area contributed by atoms with Crippen molar-refractivity contribution in [2.75, 3.05) is 13.6 Å². The topological polar surface area (TPSA) is 32.0 Å². The van der Waals surface area contributed by atoms with Crippen molar-refractivity contribution in [1.29, 1.82) is 5.26 Å². The lowest BCUT2D eigenvalue weighted by Gasteiger charge is -2.14. The first-order valence-electron chi connectivity index (χ1n) is 6.40. The van der Waals surface area contributed by atoms with Crippen LogP contribution in [0.5, 0.6) is 0 Å². The van der Waals surface area contributed by atoms with Gasteiger partial charge in [0.1, 0.15) is 6.07 Å². The molecular formula is C16H15Cl2N3. The molecule has 1 aromatic heterocycles. The fraction of sp³-hybridized carbons (Fsp3) is 0.188. The number of likely N-dealkylation sites (N-methyl/N-ethyl adjacent to an activating group) is 1.